The minimum absolute atomic E-state index is 0. The fourth-order valence-electron chi connectivity index (χ4n) is 4.04. The van der Waals surface area contributed by atoms with Crippen molar-refractivity contribution in [1.82, 2.24) is 9.80 Å². The molecule has 1 aromatic rings. The van der Waals surface area contributed by atoms with Gasteiger partial charge in [0.15, 0.2) is 11.5 Å². The molecule has 2 fully saturated rings. The topological polar surface area (TPSA) is 85.1 Å². The zero-order valence-corrected chi connectivity index (χ0v) is 16.1. The third-order valence-corrected chi connectivity index (χ3v) is 5.65. The number of amides is 2. The second-order valence-electron chi connectivity index (χ2n) is 7.37. The molecule has 1 saturated heterocycles. The molecule has 0 spiro atoms. The Kier molecular flexibility index (Phi) is 5.81. The van der Waals surface area contributed by atoms with Crippen LogP contribution in [0.2, 0.25) is 0 Å². The van der Waals surface area contributed by atoms with Crippen LogP contribution in [0.3, 0.4) is 0 Å². The molecule has 0 unspecified atom stereocenters. The first-order chi connectivity index (χ1) is 12.6. The van der Waals surface area contributed by atoms with Crippen LogP contribution in [0.1, 0.15) is 42.5 Å². The minimum Gasteiger partial charge on any atom is -0.454 e. The molecular weight excluding hydrogens is 370 g/mol. The first-order valence-corrected chi connectivity index (χ1v) is 9.34. The summed E-state index contributed by atoms with van der Waals surface area (Å²) in [7, 11) is 0. The third kappa shape index (κ3) is 3.84. The van der Waals surface area contributed by atoms with Gasteiger partial charge >= 0.3 is 0 Å². The van der Waals surface area contributed by atoms with Gasteiger partial charge in [-0.2, -0.15) is 0 Å². The van der Waals surface area contributed by atoms with Gasteiger partial charge in [-0.1, -0.05) is 19.3 Å². The van der Waals surface area contributed by atoms with E-state index in [2.05, 4.69) is 0 Å². The van der Waals surface area contributed by atoms with Crippen LogP contribution in [0.4, 0.5) is 0 Å². The summed E-state index contributed by atoms with van der Waals surface area (Å²) in [5.74, 6) is 1.27. The van der Waals surface area contributed by atoms with Crippen molar-refractivity contribution < 1.29 is 19.1 Å². The number of ether oxygens (including phenoxy) is 2. The molecule has 2 N–H and O–H groups in total. The molecule has 0 atom stereocenters. The fraction of sp³-hybridized carbons (Fsp3) is 0.579. The predicted octanol–water partition coefficient (Wildman–Crippen LogP) is 1.78. The van der Waals surface area contributed by atoms with Crippen LogP contribution in [-0.4, -0.2) is 60.1 Å². The number of hydrogen-bond acceptors (Lipinski definition) is 5. The molecule has 0 aromatic heterocycles. The number of benzene rings is 1. The molecule has 4 rings (SSSR count). The van der Waals surface area contributed by atoms with E-state index in [0.717, 1.165) is 32.1 Å². The average molecular weight is 396 g/mol. The van der Waals surface area contributed by atoms with E-state index in [0.29, 0.717) is 43.2 Å². The highest BCUT2D eigenvalue weighted by Gasteiger charge is 2.39. The van der Waals surface area contributed by atoms with Gasteiger partial charge in [-0.05, 0) is 31.0 Å². The molecule has 1 aromatic carbocycles. The van der Waals surface area contributed by atoms with Crippen molar-refractivity contribution in [2.45, 2.75) is 37.6 Å². The molecule has 0 bridgehead atoms. The molecule has 0 radical (unpaired) electrons. The molecule has 1 saturated carbocycles. The molecule has 8 heteroatoms. The Morgan fingerprint density at radius 1 is 0.926 bits per heavy atom. The Morgan fingerprint density at radius 2 is 1.56 bits per heavy atom. The first-order valence-electron chi connectivity index (χ1n) is 9.34. The van der Waals surface area contributed by atoms with Crippen LogP contribution in [0.25, 0.3) is 0 Å². The molecule has 3 aliphatic rings. The van der Waals surface area contributed by atoms with Gasteiger partial charge in [0, 0.05) is 31.7 Å². The van der Waals surface area contributed by atoms with E-state index in [1.54, 1.807) is 23.1 Å². The lowest BCUT2D eigenvalue weighted by Gasteiger charge is -2.41. The van der Waals surface area contributed by atoms with E-state index in [1.165, 1.54) is 0 Å². The molecule has 2 heterocycles. The summed E-state index contributed by atoms with van der Waals surface area (Å²) in [6.45, 7) is 2.31. The van der Waals surface area contributed by atoms with E-state index in [1.807, 2.05) is 4.90 Å². The third-order valence-electron chi connectivity index (χ3n) is 5.65. The number of carbonyl (C=O) groups excluding carboxylic acids is 2. The van der Waals surface area contributed by atoms with Crippen LogP contribution in [-0.2, 0) is 4.79 Å². The van der Waals surface area contributed by atoms with Crippen molar-refractivity contribution in [3.63, 3.8) is 0 Å². The van der Waals surface area contributed by atoms with E-state index in [4.69, 9.17) is 15.2 Å². The maximum Gasteiger partial charge on any atom is 0.254 e. The van der Waals surface area contributed by atoms with Gasteiger partial charge in [0.05, 0.1) is 5.54 Å². The Labute approximate surface area is 165 Å². The Hall–Kier alpha value is -1.99. The average Bonchev–Trinajstić information content (AvgIpc) is 3.15. The van der Waals surface area contributed by atoms with Crippen LogP contribution >= 0.6 is 12.4 Å². The molecule has 2 amide bonds. The van der Waals surface area contributed by atoms with E-state index in [9.17, 15) is 9.59 Å². The van der Waals surface area contributed by atoms with Crippen molar-refractivity contribution in [2.24, 2.45) is 5.73 Å². The summed E-state index contributed by atoms with van der Waals surface area (Å²) in [5, 5.41) is 0. The van der Waals surface area contributed by atoms with Crippen molar-refractivity contribution in [1.29, 1.82) is 0 Å². The lowest BCUT2D eigenvalue weighted by Crippen LogP contribution is -2.60. The van der Waals surface area contributed by atoms with Crippen LogP contribution in [0.15, 0.2) is 18.2 Å². The number of nitrogens with zero attached hydrogens (tertiary/aromatic N) is 2. The summed E-state index contributed by atoms with van der Waals surface area (Å²) >= 11 is 0. The van der Waals surface area contributed by atoms with Gasteiger partial charge in [0.2, 0.25) is 12.7 Å². The Balaban J connectivity index is 0.00000210. The number of piperazine rings is 1. The zero-order chi connectivity index (χ0) is 18.1. The lowest BCUT2D eigenvalue weighted by molar-refractivity contribution is -0.139. The number of rotatable bonds is 2. The van der Waals surface area contributed by atoms with Crippen LogP contribution in [0.5, 0.6) is 11.5 Å². The van der Waals surface area contributed by atoms with Crippen molar-refractivity contribution >= 4 is 24.2 Å². The monoisotopic (exact) mass is 395 g/mol. The molecule has 148 valence electrons. The Bertz CT molecular complexity index is 713. The van der Waals surface area contributed by atoms with Gasteiger partial charge in [-0.3, -0.25) is 9.59 Å². The quantitative estimate of drug-likeness (QED) is 0.825. The summed E-state index contributed by atoms with van der Waals surface area (Å²) in [5.41, 5.74) is 6.25. The van der Waals surface area contributed by atoms with Gasteiger partial charge in [-0.15, -0.1) is 12.4 Å². The molecule has 1 aliphatic carbocycles. The fourth-order valence-corrected chi connectivity index (χ4v) is 4.04. The smallest absolute Gasteiger partial charge is 0.254 e. The van der Waals surface area contributed by atoms with Crippen molar-refractivity contribution in [2.75, 3.05) is 33.0 Å². The minimum atomic E-state index is -0.707. The molecule has 2 aliphatic heterocycles. The largest absolute Gasteiger partial charge is 0.454 e. The van der Waals surface area contributed by atoms with Gasteiger partial charge in [0.25, 0.3) is 5.91 Å². The second-order valence-corrected chi connectivity index (χ2v) is 7.37. The number of fused-ring (bicyclic) bond motifs is 1. The van der Waals surface area contributed by atoms with Crippen LogP contribution < -0.4 is 15.2 Å². The highest BCUT2D eigenvalue weighted by Crippen LogP contribution is 2.33. The van der Waals surface area contributed by atoms with Crippen molar-refractivity contribution in [3.05, 3.63) is 23.8 Å². The summed E-state index contributed by atoms with van der Waals surface area (Å²) in [6.07, 6.45) is 4.73. The number of carbonyl (C=O) groups is 2. The van der Waals surface area contributed by atoms with E-state index in [-0.39, 0.29) is 31.0 Å². The molecular formula is C19H26ClN3O4. The Morgan fingerprint density at radius 3 is 2.26 bits per heavy atom. The normalized spacial score (nSPS) is 20.8. The highest BCUT2D eigenvalue weighted by molar-refractivity contribution is 5.95. The van der Waals surface area contributed by atoms with Gasteiger partial charge in [-0.25, -0.2) is 0 Å². The van der Waals surface area contributed by atoms with E-state index >= 15 is 0 Å². The van der Waals surface area contributed by atoms with E-state index < -0.39 is 5.54 Å². The maximum atomic E-state index is 12.8. The molecule has 27 heavy (non-hydrogen) atoms. The summed E-state index contributed by atoms with van der Waals surface area (Å²) in [6, 6.07) is 5.24. The number of nitrogens with two attached hydrogens (primary N) is 1. The highest BCUT2D eigenvalue weighted by atomic mass is 35.5. The number of halogens is 1. The van der Waals surface area contributed by atoms with Gasteiger partial charge in [0.1, 0.15) is 0 Å². The first kappa shape index (κ1) is 19.8. The van der Waals surface area contributed by atoms with Crippen LogP contribution in [0, 0.1) is 0 Å². The zero-order valence-electron chi connectivity index (χ0n) is 15.3. The number of hydrogen-bond donors (Lipinski definition) is 1. The SMILES string of the molecule is Cl.NC1(C(=O)N2CCN(C(=O)c3ccc4c(c3)OCO4)CC2)CCCCC1. The predicted molar refractivity (Wildman–Crippen MR) is 102 cm³/mol. The lowest BCUT2D eigenvalue weighted by atomic mass is 9.81. The second kappa shape index (κ2) is 7.94. The summed E-state index contributed by atoms with van der Waals surface area (Å²) in [4.78, 5) is 29.2. The summed E-state index contributed by atoms with van der Waals surface area (Å²) < 4.78 is 10.6. The molecule has 7 nitrogen and oxygen atoms in total. The maximum absolute atomic E-state index is 12.8. The van der Waals surface area contributed by atoms with Crippen molar-refractivity contribution in [3.8, 4) is 11.5 Å². The van der Waals surface area contributed by atoms with Gasteiger partial charge < -0.3 is 25.0 Å². The standard InChI is InChI=1S/C19H25N3O4.ClH/c20-19(6-2-1-3-7-19)18(24)22-10-8-21(9-11-22)17(23)14-4-5-15-16(12-14)26-13-25-15;/h4-5,12H,1-3,6-11,13,20H2;1H.